The van der Waals surface area contributed by atoms with Crippen molar-refractivity contribution >= 4 is 16.8 Å². The molecular weight excluding hydrogens is 202 g/mol. The van der Waals surface area contributed by atoms with Crippen LogP contribution in [0, 0.1) is 28.6 Å². The molecule has 76 valence electrons. The molecule has 14 heavy (non-hydrogen) atoms. The number of rotatable bonds is 3. The van der Waals surface area contributed by atoms with Crippen LogP contribution in [0.4, 0.5) is 0 Å². The van der Waals surface area contributed by atoms with Gasteiger partial charge in [0.05, 0.1) is 7.11 Å². The minimum atomic E-state index is -0.343. The lowest BCUT2D eigenvalue weighted by Gasteiger charge is -1.98. The van der Waals surface area contributed by atoms with Crippen molar-refractivity contribution in [2.24, 2.45) is 17.3 Å². The SMILES string of the molecule is CO/C(C#N)=C/[C@@H]1[C@@H](C(=O)Cl)C1(C)C. The van der Waals surface area contributed by atoms with Crippen molar-refractivity contribution in [3.8, 4) is 6.07 Å². The molecule has 0 radical (unpaired) electrons. The van der Waals surface area contributed by atoms with Crippen LogP contribution in [0.2, 0.25) is 0 Å². The molecular formula is C10H12ClNO2. The predicted octanol–water partition coefficient (Wildman–Crippen LogP) is 2.08. The van der Waals surface area contributed by atoms with Crippen molar-refractivity contribution < 1.29 is 9.53 Å². The Morgan fingerprint density at radius 2 is 2.21 bits per heavy atom. The first-order chi connectivity index (χ1) is 6.45. The van der Waals surface area contributed by atoms with Gasteiger partial charge in [-0.1, -0.05) is 13.8 Å². The van der Waals surface area contributed by atoms with Crippen molar-refractivity contribution in [1.82, 2.24) is 0 Å². The van der Waals surface area contributed by atoms with Gasteiger partial charge in [-0.05, 0) is 29.0 Å². The number of nitriles is 1. The standard InChI is InChI=1S/C10H12ClNO2/c1-10(2)7(8(10)9(11)13)4-6(5-12)14-3/h4,7-8H,1-3H3/b6-4+/t7-,8+/m1/s1. The fourth-order valence-corrected chi connectivity index (χ4v) is 2.15. The highest BCUT2D eigenvalue weighted by Crippen LogP contribution is 2.60. The second-order valence-corrected chi connectivity index (χ2v) is 4.35. The molecule has 0 amide bonds. The third kappa shape index (κ3) is 1.76. The maximum absolute atomic E-state index is 11.0. The van der Waals surface area contributed by atoms with Crippen LogP contribution < -0.4 is 0 Å². The van der Waals surface area contributed by atoms with Gasteiger partial charge in [0.15, 0.2) is 5.76 Å². The van der Waals surface area contributed by atoms with Crippen LogP contribution in [-0.4, -0.2) is 12.4 Å². The summed E-state index contributed by atoms with van der Waals surface area (Å²) in [5.74, 6) is 0.0632. The molecule has 0 unspecified atom stereocenters. The van der Waals surface area contributed by atoms with E-state index in [-0.39, 0.29) is 28.3 Å². The van der Waals surface area contributed by atoms with Crippen molar-refractivity contribution in [2.75, 3.05) is 7.11 Å². The van der Waals surface area contributed by atoms with Gasteiger partial charge >= 0.3 is 0 Å². The van der Waals surface area contributed by atoms with Gasteiger partial charge in [-0.15, -0.1) is 0 Å². The molecule has 1 rings (SSSR count). The molecule has 3 nitrogen and oxygen atoms in total. The maximum atomic E-state index is 11.0. The van der Waals surface area contributed by atoms with Crippen LogP contribution in [-0.2, 0) is 9.53 Å². The summed E-state index contributed by atoms with van der Waals surface area (Å²) in [7, 11) is 1.43. The molecule has 1 saturated carbocycles. The average Bonchev–Trinajstić information content (AvgIpc) is 2.63. The van der Waals surface area contributed by atoms with E-state index in [4.69, 9.17) is 21.6 Å². The molecule has 0 aromatic heterocycles. The average molecular weight is 214 g/mol. The Balaban J connectivity index is 2.80. The summed E-state index contributed by atoms with van der Waals surface area (Å²) < 4.78 is 4.82. The van der Waals surface area contributed by atoms with E-state index in [1.165, 1.54) is 7.11 Å². The summed E-state index contributed by atoms with van der Waals surface area (Å²) in [6, 6.07) is 1.90. The van der Waals surface area contributed by atoms with Crippen LogP contribution in [0.25, 0.3) is 0 Å². The third-order valence-corrected chi connectivity index (χ3v) is 3.05. The third-order valence-electron chi connectivity index (χ3n) is 2.82. The Morgan fingerprint density at radius 3 is 2.50 bits per heavy atom. The van der Waals surface area contributed by atoms with Gasteiger partial charge in [0, 0.05) is 5.92 Å². The van der Waals surface area contributed by atoms with Crippen molar-refractivity contribution in [3.63, 3.8) is 0 Å². The van der Waals surface area contributed by atoms with Crippen LogP contribution in [0.5, 0.6) is 0 Å². The molecule has 0 aromatic carbocycles. The van der Waals surface area contributed by atoms with Crippen LogP contribution >= 0.6 is 11.6 Å². The molecule has 0 N–H and O–H groups in total. The zero-order chi connectivity index (χ0) is 10.9. The Morgan fingerprint density at radius 1 is 1.64 bits per heavy atom. The highest BCUT2D eigenvalue weighted by atomic mass is 35.5. The van der Waals surface area contributed by atoms with Gasteiger partial charge in [-0.2, -0.15) is 5.26 Å². The van der Waals surface area contributed by atoms with Gasteiger partial charge < -0.3 is 4.74 Å². The molecule has 1 aliphatic rings. The zero-order valence-corrected chi connectivity index (χ0v) is 9.13. The Labute approximate surface area is 88.3 Å². The van der Waals surface area contributed by atoms with Gasteiger partial charge in [0.2, 0.25) is 5.24 Å². The molecule has 0 heterocycles. The Kier molecular flexibility index (Phi) is 2.86. The first-order valence-electron chi connectivity index (χ1n) is 4.30. The van der Waals surface area contributed by atoms with E-state index in [2.05, 4.69) is 0 Å². The van der Waals surface area contributed by atoms with E-state index >= 15 is 0 Å². The summed E-state index contributed by atoms with van der Waals surface area (Å²) in [6.45, 7) is 3.90. The van der Waals surface area contributed by atoms with E-state index in [0.29, 0.717) is 0 Å². The van der Waals surface area contributed by atoms with E-state index in [0.717, 1.165) is 0 Å². The van der Waals surface area contributed by atoms with Gasteiger partial charge in [-0.25, -0.2) is 0 Å². The number of carbonyl (C=O) groups excluding carboxylic acids is 1. The summed E-state index contributed by atoms with van der Waals surface area (Å²) in [4.78, 5) is 11.0. The monoisotopic (exact) mass is 213 g/mol. The minimum Gasteiger partial charge on any atom is -0.487 e. The minimum absolute atomic E-state index is 0.0158. The zero-order valence-electron chi connectivity index (χ0n) is 8.37. The Bertz CT molecular complexity index is 328. The molecule has 1 aliphatic carbocycles. The summed E-state index contributed by atoms with van der Waals surface area (Å²) in [6.07, 6.45) is 1.67. The lowest BCUT2D eigenvalue weighted by atomic mass is 10.1. The van der Waals surface area contributed by atoms with Gasteiger partial charge in [0.25, 0.3) is 0 Å². The van der Waals surface area contributed by atoms with Crippen LogP contribution in [0.15, 0.2) is 11.8 Å². The van der Waals surface area contributed by atoms with Crippen LogP contribution in [0.1, 0.15) is 13.8 Å². The van der Waals surface area contributed by atoms with Gasteiger partial charge in [-0.3, -0.25) is 4.79 Å². The largest absolute Gasteiger partial charge is 0.487 e. The van der Waals surface area contributed by atoms with E-state index < -0.39 is 0 Å². The quantitative estimate of drug-likeness (QED) is 0.410. The molecule has 0 spiro atoms. The molecule has 4 heteroatoms. The predicted molar refractivity (Wildman–Crippen MR) is 52.3 cm³/mol. The number of ether oxygens (including phenoxy) is 1. The topological polar surface area (TPSA) is 50.1 Å². The number of allylic oxidation sites excluding steroid dienone is 2. The van der Waals surface area contributed by atoms with E-state index in [1.54, 1.807) is 6.08 Å². The lowest BCUT2D eigenvalue weighted by Crippen LogP contribution is -1.96. The number of carbonyl (C=O) groups is 1. The van der Waals surface area contributed by atoms with Crippen LogP contribution in [0.3, 0.4) is 0 Å². The number of methoxy groups -OCH3 is 1. The fourth-order valence-electron chi connectivity index (χ4n) is 1.74. The number of hydrogen-bond acceptors (Lipinski definition) is 3. The Hall–Kier alpha value is -1.01. The second-order valence-electron chi connectivity index (χ2n) is 3.98. The van der Waals surface area contributed by atoms with E-state index in [9.17, 15) is 4.79 Å². The number of halogens is 1. The number of nitrogens with zero attached hydrogens (tertiary/aromatic N) is 1. The molecule has 0 aromatic rings. The summed E-state index contributed by atoms with van der Waals surface area (Å²) >= 11 is 5.43. The molecule has 2 atom stereocenters. The normalized spacial score (nSPS) is 29.2. The maximum Gasteiger partial charge on any atom is 0.225 e. The first kappa shape index (κ1) is 11.1. The second kappa shape index (κ2) is 3.62. The van der Waals surface area contributed by atoms with Crippen molar-refractivity contribution in [1.29, 1.82) is 5.26 Å². The van der Waals surface area contributed by atoms with Gasteiger partial charge in [0.1, 0.15) is 6.07 Å². The smallest absolute Gasteiger partial charge is 0.225 e. The van der Waals surface area contributed by atoms with Crippen molar-refractivity contribution in [3.05, 3.63) is 11.8 Å². The molecule has 1 fully saturated rings. The first-order valence-corrected chi connectivity index (χ1v) is 4.68. The van der Waals surface area contributed by atoms with E-state index in [1.807, 2.05) is 19.9 Å². The molecule has 0 saturated heterocycles. The van der Waals surface area contributed by atoms with Crippen molar-refractivity contribution in [2.45, 2.75) is 13.8 Å². The fraction of sp³-hybridized carbons (Fsp3) is 0.600. The lowest BCUT2D eigenvalue weighted by molar-refractivity contribution is -0.113. The number of hydrogen-bond donors (Lipinski definition) is 0. The summed E-state index contributed by atoms with van der Waals surface area (Å²) in [5, 5.41) is 8.29. The highest BCUT2D eigenvalue weighted by Gasteiger charge is 2.60. The molecule has 0 bridgehead atoms. The molecule has 0 aliphatic heterocycles. The summed E-state index contributed by atoms with van der Waals surface area (Å²) in [5.41, 5.74) is -0.153. The highest BCUT2D eigenvalue weighted by molar-refractivity contribution is 6.64.